The van der Waals surface area contributed by atoms with Crippen LogP contribution < -0.4 is 4.90 Å². The van der Waals surface area contributed by atoms with Gasteiger partial charge in [-0.05, 0) is 30.7 Å². The van der Waals surface area contributed by atoms with Crippen molar-refractivity contribution in [3.63, 3.8) is 0 Å². The summed E-state index contributed by atoms with van der Waals surface area (Å²) in [6.07, 6.45) is 1.07. The highest BCUT2D eigenvalue weighted by Crippen LogP contribution is 2.14. The van der Waals surface area contributed by atoms with Crippen LogP contribution in [0, 0.1) is 5.82 Å². The number of anilines is 1. The van der Waals surface area contributed by atoms with Crippen molar-refractivity contribution in [2.45, 2.75) is 12.8 Å². The van der Waals surface area contributed by atoms with Gasteiger partial charge in [0, 0.05) is 25.0 Å². The highest BCUT2D eigenvalue weighted by molar-refractivity contribution is 6.18. The van der Waals surface area contributed by atoms with Crippen LogP contribution in [0.5, 0.6) is 0 Å². The molecule has 2 nitrogen and oxygen atoms in total. The molecule has 0 aromatic heterocycles. The van der Waals surface area contributed by atoms with Crippen molar-refractivity contribution < 1.29 is 9.18 Å². The second-order valence-corrected chi connectivity index (χ2v) is 3.60. The molecule has 0 saturated carbocycles. The Hall–Kier alpha value is -1.09. The number of carbonyl (C=O) groups is 1. The average molecular weight is 230 g/mol. The molecule has 15 heavy (non-hydrogen) atoms. The van der Waals surface area contributed by atoms with Gasteiger partial charge in [-0.3, -0.25) is 4.79 Å². The SMILES string of the molecule is CN(C(=O)CCCCl)c1ccc(F)cc1. The molecule has 0 aliphatic rings. The van der Waals surface area contributed by atoms with Crippen LogP contribution in [0.3, 0.4) is 0 Å². The zero-order chi connectivity index (χ0) is 11.3. The summed E-state index contributed by atoms with van der Waals surface area (Å²) < 4.78 is 12.6. The van der Waals surface area contributed by atoms with E-state index >= 15 is 0 Å². The van der Waals surface area contributed by atoms with Crippen molar-refractivity contribution in [2.75, 3.05) is 17.8 Å². The van der Waals surface area contributed by atoms with Crippen molar-refractivity contribution in [3.8, 4) is 0 Å². The molecule has 0 atom stereocenters. The molecular weight excluding hydrogens is 217 g/mol. The Bertz CT molecular complexity index is 326. The van der Waals surface area contributed by atoms with Crippen LogP contribution in [0.2, 0.25) is 0 Å². The monoisotopic (exact) mass is 229 g/mol. The van der Waals surface area contributed by atoms with Gasteiger partial charge in [-0.1, -0.05) is 0 Å². The Balaban J connectivity index is 2.63. The summed E-state index contributed by atoms with van der Waals surface area (Å²) in [5.74, 6) is 0.158. The Labute approximate surface area is 93.6 Å². The maximum atomic E-state index is 12.6. The van der Waals surface area contributed by atoms with Gasteiger partial charge in [-0.2, -0.15) is 0 Å². The Kier molecular flexibility index (Phi) is 4.56. The minimum Gasteiger partial charge on any atom is -0.316 e. The Morgan fingerprint density at radius 1 is 1.40 bits per heavy atom. The summed E-state index contributed by atoms with van der Waals surface area (Å²) in [6.45, 7) is 0. The largest absolute Gasteiger partial charge is 0.316 e. The first kappa shape index (κ1) is 12.0. The van der Waals surface area contributed by atoms with Crippen molar-refractivity contribution in [3.05, 3.63) is 30.1 Å². The smallest absolute Gasteiger partial charge is 0.226 e. The number of halogens is 2. The zero-order valence-electron chi connectivity index (χ0n) is 8.54. The molecule has 0 N–H and O–H groups in total. The van der Waals surface area contributed by atoms with Gasteiger partial charge < -0.3 is 4.90 Å². The van der Waals surface area contributed by atoms with Gasteiger partial charge in [0.15, 0.2) is 0 Å². The van der Waals surface area contributed by atoms with Gasteiger partial charge in [0.1, 0.15) is 5.82 Å². The van der Waals surface area contributed by atoms with E-state index in [9.17, 15) is 9.18 Å². The van der Waals surface area contributed by atoms with Crippen LogP contribution in [0.1, 0.15) is 12.8 Å². The molecule has 0 spiro atoms. The molecule has 0 heterocycles. The average Bonchev–Trinajstić information content (AvgIpc) is 2.26. The quantitative estimate of drug-likeness (QED) is 0.727. The molecule has 0 unspecified atom stereocenters. The van der Waals surface area contributed by atoms with Crippen molar-refractivity contribution >= 4 is 23.2 Å². The van der Waals surface area contributed by atoms with Crippen molar-refractivity contribution in [2.24, 2.45) is 0 Å². The number of amides is 1. The lowest BCUT2D eigenvalue weighted by Crippen LogP contribution is -2.25. The Morgan fingerprint density at radius 2 is 2.00 bits per heavy atom. The van der Waals surface area contributed by atoms with Crippen LogP contribution in [-0.2, 0) is 4.79 Å². The first-order chi connectivity index (χ1) is 7.15. The minimum atomic E-state index is -0.305. The molecule has 0 saturated heterocycles. The highest BCUT2D eigenvalue weighted by Gasteiger charge is 2.09. The second kappa shape index (κ2) is 5.71. The third kappa shape index (κ3) is 3.51. The van der Waals surface area contributed by atoms with Gasteiger partial charge >= 0.3 is 0 Å². The van der Waals surface area contributed by atoms with Crippen molar-refractivity contribution in [1.29, 1.82) is 0 Å². The third-order valence-electron chi connectivity index (χ3n) is 2.11. The fraction of sp³-hybridized carbons (Fsp3) is 0.364. The van der Waals surface area contributed by atoms with E-state index in [1.54, 1.807) is 19.2 Å². The molecule has 1 aromatic carbocycles. The second-order valence-electron chi connectivity index (χ2n) is 3.22. The highest BCUT2D eigenvalue weighted by atomic mass is 35.5. The molecule has 0 aliphatic heterocycles. The standard InChI is InChI=1S/C11H13ClFNO/c1-14(11(15)3-2-8-12)10-6-4-9(13)5-7-10/h4-7H,2-3,8H2,1H3. The third-order valence-corrected chi connectivity index (χ3v) is 2.38. The normalized spacial score (nSPS) is 10.1. The molecule has 0 fully saturated rings. The van der Waals surface area contributed by atoms with Gasteiger partial charge in [0.05, 0.1) is 0 Å². The summed E-state index contributed by atoms with van der Waals surface area (Å²) in [6, 6.07) is 5.82. The molecule has 1 amide bonds. The molecular formula is C11H13ClFNO. The van der Waals surface area contributed by atoms with E-state index in [4.69, 9.17) is 11.6 Å². The molecule has 0 radical (unpaired) electrons. The first-order valence-electron chi connectivity index (χ1n) is 4.73. The molecule has 82 valence electrons. The lowest BCUT2D eigenvalue weighted by molar-refractivity contribution is -0.118. The number of hydrogen-bond donors (Lipinski definition) is 0. The number of hydrogen-bond acceptors (Lipinski definition) is 1. The number of benzene rings is 1. The van der Waals surface area contributed by atoms with E-state index < -0.39 is 0 Å². The van der Waals surface area contributed by atoms with Gasteiger partial charge in [0.25, 0.3) is 0 Å². The lowest BCUT2D eigenvalue weighted by atomic mass is 10.2. The first-order valence-corrected chi connectivity index (χ1v) is 5.26. The summed E-state index contributed by atoms with van der Waals surface area (Å²) >= 11 is 5.50. The fourth-order valence-electron chi connectivity index (χ4n) is 1.19. The van der Waals surface area contributed by atoms with E-state index in [2.05, 4.69) is 0 Å². The number of alkyl halides is 1. The van der Waals surface area contributed by atoms with Gasteiger partial charge in [-0.15, -0.1) is 11.6 Å². The number of nitrogens with zero attached hydrogens (tertiary/aromatic N) is 1. The summed E-state index contributed by atoms with van der Waals surface area (Å²) in [5.41, 5.74) is 0.691. The van der Waals surface area contributed by atoms with E-state index in [0.717, 1.165) is 0 Å². The maximum absolute atomic E-state index is 12.6. The maximum Gasteiger partial charge on any atom is 0.226 e. The zero-order valence-corrected chi connectivity index (χ0v) is 9.30. The van der Waals surface area contributed by atoms with E-state index in [0.29, 0.717) is 24.4 Å². The molecule has 1 rings (SSSR count). The fourth-order valence-corrected chi connectivity index (χ4v) is 1.33. The van der Waals surface area contributed by atoms with Crippen LogP contribution in [0.15, 0.2) is 24.3 Å². The van der Waals surface area contributed by atoms with Gasteiger partial charge in [0.2, 0.25) is 5.91 Å². The predicted molar refractivity (Wildman–Crippen MR) is 59.8 cm³/mol. The summed E-state index contributed by atoms with van der Waals surface area (Å²) in [7, 11) is 1.67. The predicted octanol–water partition coefficient (Wildman–Crippen LogP) is 2.81. The molecule has 4 heteroatoms. The molecule has 0 bridgehead atoms. The summed E-state index contributed by atoms with van der Waals surface area (Å²) in [5, 5.41) is 0. The molecule has 0 aliphatic carbocycles. The lowest BCUT2D eigenvalue weighted by Gasteiger charge is -2.16. The van der Waals surface area contributed by atoms with E-state index in [1.165, 1.54) is 17.0 Å². The van der Waals surface area contributed by atoms with Crippen LogP contribution in [0.4, 0.5) is 10.1 Å². The minimum absolute atomic E-state index is 0.0118. The summed E-state index contributed by atoms with van der Waals surface area (Å²) in [4.78, 5) is 13.1. The number of carbonyl (C=O) groups excluding carboxylic acids is 1. The van der Waals surface area contributed by atoms with E-state index in [-0.39, 0.29) is 11.7 Å². The van der Waals surface area contributed by atoms with E-state index in [1.807, 2.05) is 0 Å². The molecule has 1 aromatic rings. The van der Waals surface area contributed by atoms with Crippen molar-refractivity contribution in [1.82, 2.24) is 0 Å². The van der Waals surface area contributed by atoms with Crippen LogP contribution in [0.25, 0.3) is 0 Å². The van der Waals surface area contributed by atoms with Crippen LogP contribution >= 0.6 is 11.6 Å². The Morgan fingerprint density at radius 3 is 2.53 bits per heavy atom. The topological polar surface area (TPSA) is 20.3 Å². The van der Waals surface area contributed by atoms with Crippen LogP contribution in [-0.4, -0.2) is 18.8 Å². The number of rotatable bonds is 4. The van der Waals surface area contributed by atoms with Gasteiger partial charge in [-0.25, -0.2) is 4.39 Å².